The third kappa shape index (κ3) is 4.30. The summed E-state index contributed by atoms with van der Waals surface area (Å²) in [7, 11) is 7.16. The van der Waals surface area contributed by atoms with Crippen LogP contribution in [0.25, 0.3) is 16.5 Å². The van der Waals surface area contributed by atoms with E-state index in [9.17, 15) is 18.4 Å². The average molecular weight is 441 g/mol. The number of nitrogens with one attached hydrogen (secondary N) is 1. The molecule has 0 saturated heterocycles. The van der Waals surface area contributed by atoms with Crippen LogP contribution in [0.5, 0.6) is 0 Å². The zero-order valence-corrected chi connectivity index (χ0v) is 17.4. The van der Waals surface area contributed by atoms with Gasteiger partial charge in [-0.2, -0.15) is 8.78 Å². The predicted molar refractivity (Wildman–Crippen MR) is 114 cm³/mol. The van der Waals surface area contributed by atoms with Crippen LogP contribution in [0.3, 0.4) is 0 Å². The smallest absolute Gasteiger partial charge is 0.377 e. The molecule has 3 aromatic rings. The second-order valence-electron chi connectivity index (χ2n) is 7.17. The van der Waals surface area contributed by atoms with Gasteiger partial charge in [-0.1, -0.05) is 30.3 Å². The number of halogens is 2. The molecule has 1 N–H and O–H groups in total. The molecular formula is C21H18BF2N3O3S. The summed E-state index contributed by atoms with van der Waals surface area (Å²) in [5, 5.41) is -0.262. The fraction of sp³-hybridized carbons (Fsp3) is 0.286. The lowest BCUT2D eigenvalue weighted by Gasteiger charge is -2.18. The minimum Gasteiger partial charge on any atom is -0.468 e. The third-order valence-electron chi connectivity index (χ3n) is 5.05. The number of hydrogen-bond acceptors (Lipinski definition) is 5. The average Bonchev–Trinajstić information content (AvgIpc) is 3.54. The number of methoxy groups -OCH3 is 1. The number of carbonyl (C=O) groups excluding carboxylic acids is 2. The van der Waals surface area contributed by atoms with Crippen molar-refractivity contribution in [3.05, 3.63) is 48.2 Å². The Kier molecular flexibility index (Phi) is 5.74. The molecular weight excluding hydrogens is 423 g/mol. The van der Waals surface area contributed by atoms with Gasteiger partial charge in [-0.3, -0.25) is 9.59 Å². The van der Waals surface area contributed by atoms with Gasteiger partial charge in [0.25, 0.3) is 0 Å². The van der Waals surface area contributed by atoms with E-state index >= 15 is 0 Å². The molecule has 1 saturated carbocycles. The summed E-state index contributed by atoms with van der Waals surface area (Å²) < 4.78 is 34.9. The van der Waals surface area contributed by atoms with Crippen LogP contribution >= 0.6 is 11.8 Å². The normalized spacial score (nSPS) is 13.9. The van der Waals surface area contributed by atoms with Gasteiger partial charge in [0.1, 0.15) is 14.4 Å². The minimum atomic E-state index is -3.88. The number of amides is 1. The van der Waals surface area contributed by atoms with Crippen molar-refractivity contribution < 1.29 is 23.1 Å². The Morgan fingerprint density at radius 1 is 1.26 bits per heavy atom. The largest absolute Gasteiger partial charge is 0.468 e. The third-order valence-corrected chi connectivity index (χ3v) is 5.97. The van der Waals surface area contributed by atoms with E-state index in [0.717, 1.165) is 30.7 Å². The van der Waals surface area contributed by atoms with Gasteiger partial charge >= 0.3 is 17.1 Å². The van der Waals surface area contributed by atoms with Crippen LogP contribution in [0.1, 0.15) is 24.3 Å². The van der Waals surface area contributed by atoms with E-state index in [0.29, 0.717) is 11.6 Å². The van der Waals surface area contributed by atoms with Crippen molar-refractivity contribution in [3.8, 4) is 5.69 Å². The summed E-state index contributed by atoms with van der Waals surface area (Å²) in [4.78, 5) is 27.0. The summed E-state index contributed by atoms with van der Waals surface area (Å²) in [6.07, 6.45) is 3.53. The highest BCUT2D eigenvalue weighted by molar-refractivity contribution is 8.00. The highest BCUT2D eigenvalue weighted by Gasteiger charge is 2.42. The van der Waals surface area contributed by atoms with Crippen LogP contribution in [-0.4, -0.2) is 48.2 Å². The van der Waals surface area contributed by atoms with Crippen LogP contribution in [0.2, 0.25) is 0 Å². The number of nitrogens with zero attached hydrogens (tertiary/aromatic N) is 2. The number of fused-ring (bicyclic) bond motifs is 1. The van der Waals surface area contributed by atoms with Gasteiger partial charge < -0.3 is 14.6 Å². The zero-order valence-electron chi connectivity index (χ0n) is 16.6. The lowest BCUT2D eigenvalue weighted by molar-refractivity contribution is -0.143. The molecule has 0 aliphatic heterocycles. The van der Waals surface area contributed by atoms with Gasteiger partial charge in [0, 0.05) is 11.6 Å². The van der Waals surface area contributed by atoms with E-state index in [1.165, 1.54) is 16.3 Å². The number of carbonyl (C=O) groups is 2. The van der Waals surface area contributed by atoms with Crippen molar-refractivity contribution in [1.29, 1.82) is 0 Å². The highest BCUT2D eigenvalue weighted by Crippen LogP contribution is 2.44. The van der Waals surface area contributed by atoms with E-state index in [1.807, 2.05) is 41.7 Å². The quantitative estimate of drug-likeness (QED) is 0.347. The molecule has 1 heterocycles. The van der Waals surface area contributed by atoms with Crippen molar-refractivity contribution in [2.75, 3.05) is 13.7 Å². The maximum absolute atomic E-state index is 14.6. The summed E-state index contributed by atoms with van der Waals surface area (Å²) >= 11 is -0.0387. The predicted octanol–water partition coefficient (Wildman–Crippen LogP) is 2.67. The lowest BCUT2D eigenvalue weighted by atomic mass is 9.98. The SMILES string of the molecule is [B]c1cnc(SC(F)(F)C(=O)NCC(=O)OC)n1-c1ccc(C2CC2)c2ccccc12. The molecule has 2 aromatic carbocycles. The Bertz CT molecular complexity index is 1160. The molecule has 0 atom stereocenters. The second kappa shape index (κ2) is 8.34. The first kappa shape index (κ1) is 21.4. The second-order valence-corrected chi connectivity index (χ2v) is 8.25. The van der Waals surface area contributed by atoms with Gasteiger partial charge in [-0.15, -0.1) is 0 Å². The van der Waals surface area contributed by atoms with Crippen LogP contribution in [0.4, 0.5) is 8.78 Å². The Balaban J connectivity index is 1.68. The first-order valence-electron chi connectivity index (χ1n) is 9.59. The maximum Gasteiger partial charge on any atom is 0.377 e. The van der Waals surface area contributed by atoms with E-state index in [-0.39, 0.29) is 22.5 Å². The standard InChI is InChI=1S/C21H18BF2N3O3S/c1-30-18(28)11-25-19(29)21(23,24)31-20-26-10-17(22)27(20)16-9-8-13(12-6-7-12)14-4-2-3-5-15(14)16/h2-5,8-10,12H,6-7,11H2,1H3,(H,25,29). The topological polar surface area (TPSA) is 73.2 Å². The molecule has 31 heavy (non-hydrogen) atoms. The van der Waals surface area contributed by atoms with Gasteiger partial charge in [0.15, 0.2) is 5.16 Å². The van der Waals surface area contributed by atoms with Gasteiger partial charge in [-0.25, -0.2) is 4.98 Å². The fourth-order valence-corrected chi connectivity index (χ4v) is 4.20. The summed E-state index contributed by atoms with van der Waals surface area (Å²) in [5.74, 6) is -1.94. The van der Waals surface area contributed by atoms with E-state index in [2.05, 4.69) is 9.72 Å². The first-order chi connectivity index (χ1) is 14.8. The number of thioether (sulfide) groups is 1. The number of benzene rings is 2. The number of esters is 1. The Hall–Kier alpha value is -2.88. The first-order valence-corrected chi connectivity index (χ1v) is 10.4. The monoisotopic (exact) mass is 441 g/mol. The molecule has 1 fully saturated rings. The van der Waals surface area contributed by atoms with Gasteiger partial charge in [-0.05, 0) is 53.1 Å². The molecule has 158 valence electrons. The van der Waals surface area contributed by atoms with E-state index in [1.54, 1.807) is 0 Å². The van der Waals surface area contributed by atoms with Crippen molar-refractivity contribution in [2.45, 2.75) is 29.2 Å². The van der Waals surface area contributed by atoms with E-state index in [4.69, 9.17) is 7.85 Å². The molecule has 1 amide bonds. The van der Waals surface area contributed by atoms with E-state index < -0.39 is 23.7 Å². The molecule has 2 radical (unpaired) electrons. The van der Waals surface area contributed by atoms with Crippen LogP contribution in [0.15, 0.2) is 47.8 Å². The summed E-state index contributed by atoms with van der Waals surface area (Å²) in [6.45, 7) is -0.657. The fourth-order valence-electron chi connectivity index (χ4n) is 3.40. The van der Waals surface area contributed by atoms with Crippen LogP contribution in [0, 0.1) is 0 Å². The number of rotatable bonds is 7. The van der Waals surface area contributed by atoms with Crippen molar-refractivity contribution in [2.24, 2.45) is 0 Å². The summed E-state index contributed by atoms with van der Waals surface area (Å²) in [5.41, 5.74) is 1.99. The molecule has 4 rings (SSSR count). The molecule has 1 aliphatic carbocycles. The zero-order chi connectivity index (χ0) is 22.2. The number of ether oxygens (including phenoxy) is 1. The number of aromatic nitrogens is 2. The molecule has 1 aliphatic rings. The number of alkyl halides is 2. The Morgan fingerprint density at radius 3 is 2.65 bits per heavy atom. The van der Waals surface area contributed by atoms with Gasteiger partial charge in [0.05, 0.1) is 12.8 Å². The highest BCUT2D eigenvalue weighted by atomic mass is 32.2. The summed E-state index contributed by atoms with van der Waals surface area (Å²) in [6, 6.07) is 11.5. The number of imidazole rings is 1. The Morgan fingerprint density at radius 2 is 1.97 bits per heavy atom. The van der Waals surface area contributed by atoms with Gasteiger partial charge in [0.2, 0.25) is 0 Å². The molecule has 6 nitrogen and oxygen atoms in total. The van der Waals surface area contributed by atoms with Crippen LogP contribution in [-0.2, 0) is 14.3 Å². The number of hydrogen-bond donors (Lipinski definition) is 1. The molecule has 1 aromatic heterocycles. The maximum atomic E-state index is 14.6. The van der Waals surface area contributed by atoms with Crippen molar-refractivity contribution >= 4 is 47.9 Å². The molecule has 0 unspecified atom stereocenters. The molecule has 0 spiro atoms. The molecule has 0 bridgehead atoms. The van der Waals surface area contributed by atoms with Crippen molar-refractivity contribution in [3.63, 3.8) is 0 Å². The Labute approximate surface area is 182 Å². The van der Waals surface area contributed by atoms with Crippen LogP contribution < -0.4 is 10.9 Å². The lowest BCUT2D eigenvalue weighted by Crippen LogP contribution is -2.40. The molecule has 10 heteroatoms. The minimum absolute atomic E-state index is 0.0387. The van der Waals surface area contributed by atoms with Crippen molar-refractivity contribution in [1.82, 2.24) is 14.9 Å².